The number of methoxy groups -OCH3 is 1. The highest BCUT2D eigenvalue weighted by molar-refractivity contribution is 5.91. The summed E-state index contributed by atoms with van der Waals surface area (Å²) in [5, 5.41) is 10.7. The largest absolute Gasteiger partial charge is 0.481 e. The Morgan fingerprint density at radius 3 is 2.30 bits per heavy atom. The van der Waals surface area contributed by atoms with E-state index >= 15 is 0 Å². The minimum atomic E-state index is -1.33. The molecule has 0 fully saturated rings. The number of carbonyl (C=O) groups is 4. The Bertz CT molecular complexity index is 383. The number of esters is 2. The van der Waals surface area contributed by atoms with Crippen molar-refractivity contribution >= 4 is 23.8 Å². The zero-order valence-electron chi connectivity index (χ0n) is 11.3. The molecule has 9 heteroatoms. The van der Waals surface area contributed by atoms with Crippen LogP contribution in [0.25, 0.3) is 0 Å². The lowest BCUT2D eigenvalue weighted by molar-refractivity contribution is -0.152. The van der Waals surface area contributed by atoms with Crippen LogP contribution in [0.3, 0.4) is 0 Å². The van der Waals surface area contributed by atoms with E-state index in [9.17, 15) is 19.2 Å². The molecule has 2 atom stereocenters. The Balaban J connectivity index is 4.64. The second-order valence-electron chi connectivity index (χ2n) is 3.80. The first-order valence-electron chi connectivity index (χ1n) is 5.83. The van der Waals surface area contributed by atoms with Gasteiger partial charge in [0.05, 0.1) is 32.6 Å². The van der Waals surface area contributed by atoms with Crippen molar-refractivity contribution in [2.45, 2.75) is 31.8 Å². The van der Waals surface area contributed by atoms with Crippen LogP contribution in [0.2, 0.25) is 0 Å². The molecule has 0 aliphatic heterocycles. The van der Waals surface area contributed by atoms with Gasteiger partial charge in [-0.3, -0.25) is 14.4 Å². The van der Waals surface area contributed by atoms with E-state index in [-0.39, 0.29) is 6.61 Å². The first-order valence-corrected chi connectivity index (χ1v) is 5.83. The maximum absolute atomic E-state index is 11.6. The molecule has 114 valence electrons. The minimum Gasteiger partial charge on any atom is -0.481 e. The molecule has 20 heavy (non-hydrogen) atoms. The summed E-state index contributed by atoms with van der Waals surface area (Å²) in [7, 11) is 1.09. The highest BCUT2D eigenvalue weighted by Gasteiger charge is 2.28. The molecule has 0 bridgehead atoms. The maximum Gasteiger partial charge on any atom is 0.328 e. The van der Waals surface area contributed by atoms with Crippen LogP contribution >= 0.6 is 0 Å². The molecule has 0 aliphatic carbocycles. The summed E-state index contributed by atoms with van der Waals surface area (Å²) in [6.07, 6.45) is -1.02. The van der Waals surface area contributed by atoms with Gasteiger partial charge in [-0.2, -0.15) is 0 Å². The molecule has 0 heterocycles. The molecule has 1 amide bonds. The zero-order valence-corrected chi connectivity index (χ0v) is 11.3. The SMILES string of the molecule is CCOC(=O)CC(NC(=O)C(N)CC(=O)O)C(=O)OC. The van der Waals surface area contributed by atoms with E-state index in [4.69, 9.17) is 10.8 Å². The van der Waals surface area contributed by atoms with Gasteiger partial charge < -0.3 is 25.6 Å². The van der Waals surface area contributed by atoms with Crippen LogP contribution in [0.5, 0.6) is 0 Å². The highest BCUT2D eigenvalue weighted by Crippen LogP contribution is 2.00. The normalized spacial score (nSPS) is 12.9. The smallest absolute Gasteiger partial charge is 0.328 e. The summed E-state index contributed by atoms with van der Waals surface area (Å²) in [6, 6.07) is -2.60. The summed E-state index contributed by atoms with van der Waals surface area (Å²) < 4.78 is 9.08. The molecule has 0 spiro atoms. The van der Waals surface area contributed by atoms with Gasteiger partial charge in [-0.1, -0.05) is 0 Å². The van der Waals surface area contributed by atoms with Gasteiger partial charge in [0.15, 0.2) is 0 Å². The first kappa shape index (κ1) is 17.8. The minimum absolute atomic E-state index is 0.124. The summed E-state index contributed by atoms with van der Waals surface area (Å²) in [5.41, 5.74) is 5.34. The number of nitrogens with one attached hydrogen (secondary N) is 1. The average Bonchev–Trinajstić information content (AvgIpc) is 2.36. The molecule has 2 unspecified atom stereocenters. The van der Waals surface area contributed by atoms with Gasteiger partial charge in [0, 0.05) is 0 Å². The van der Waals surface area contributed by atoms with E-state index in [1.54, 1.807) is 6.92 Å². The Morgan fingerprint density at radius 1 is 1.25 bits per heavy atom. The van der Waals surface area contributed by atoms with Crippen molar-refractivity contribution in [2.24, 2.45) is 5.73 Å². The molecule has 9 nitrogen and oxygen atoms in total. The number of carbonyl (C=O) groups excluding carboxylic acids is 3. The quantitative estimate of drug-likeness (QED) is 0.453. The van der Waals surface area contributed by atoms with E-state index in [0.717, 1.165) is 7.11 Å². The number of nitrogens with two attached hydrogens (primary N) is 1. The summed E-state index contributed by atoms with van der Waals surface area (Å²) >= 11 is 0. The van der Waals surface area contributed by atoms with Gasteiger partial charge >= 0.3 is 17.9 Å². The summed E-state index contributed by atoms with van der Waals surface area (Å²) in [4.78, 5) is 44.7. The van der Waals surface area contributed by atoms with Crippen LogP contribution in [0.4, 0.5) is 0 Å². The lowest BCUT2D eigenvalue weighted by atomic mass is 10.1. The van der Waals surface area contributed by atoms with Gasteiger partial charge in [-0.05, 0) is 6.92 Å². The Labute approximate surface area is 115 Å². The lowest BCUT2D eigenvalue weighted by Crippen LogP contribution is -2.50. The van der Waals surface area contributed by atoms with Gasteiger partial charge in [-0.15, -0.1) is 0 Å². The van der Waals surface area contributed by atoms with Crippen molar-refractivity contribution in [2.75, 3.05) is 13.7 Å². The van der Waals surface area contributed by atoms with Crippen molar-refractivity contribution in [3.8, 4) is 0 Å². The second kappa shape index (κ2) is 8.86. The third-order valence-electron chi connectivity index (χ3n) is 2.21. The van der Waals surface area contributed by atoms with E-state index in [1.807, 2.05) is 0 Å². The summed E-state index contributed by atoms with van der Waals surface area (Å²) in [5.74, 6) is -3.68. The van der Waals surface area contributed by atoms with Crippen molar-refractivity contribution < 1.29 is 33.8 Å². The molecular formula is C11H18N2O7. The number of carboxylic acid groups (broad SMARTS) is 1. The van der Waals surface area contributed by atoms with Crippen molar-refractivity contribution in [1.29, 1.82) is 0 Å². The summed E-state index contributed by atoms with van der Waals surface area (Å²) in [6.45, 7) is 1.71. The zero-order chi connectivity index (χ0) is 15.7. The molecule has 0 saturated heterocycles. The molecule has 0 rings (SSSR count). The van der Waals surface area contributed by atoms with Crippen LogP contribution in [0.1, 0.15) is 19.8 Å². The fraction of sp³-hybridized carbons (Fsp3) is 0.636. The van der Waals surface area contributed by atoms with Gasteiger partial charge in [0.2, 0.25) is 5.91 Å². The molecule has 4 N–H and O–H groups in total. The number of hydrogen-bond acceptors (Lipinski definition) is 7. The van der Waals surface area contributed by atoms with Crippen molar-refractivity contribution in [1.82, 2.24) is 5.32 Å². The fourth-order valence-corrected chi connectivity index (χ4v) is 1.28. The topological polar surface area (TPSA) is 145 Å². The number of ether oxygens (including phenoxy) is 2. The van der Waals surface area contributed by atoms with Gasteiger partial charge in [0.1, 0.15) is 6.04 Å². The monoisotopic (exact) mass is 290 g/mol. The first-order chi connectivity index (χ1) is 9.31. The maximum atomic E-state index is 11.6. The number of aliphatic carboxylic acids is 1. The Morgan fingerprint density at radius 2 is 1.85 bits per heavy atom. The molecule has 0 aromatic rings. The van der Waals surface area contributed by atoms with Crippen LogP contribution in [0.15, 0.2) is 0 Å². The van der Waals surface area contributed by atoms with Crippen LogP contribution < -0.4 is 11.1 Å². The number of hydrogen-bond donors (Lipinski definition) is 3. The van der Waals surface area contributed by atoms with Crippen LogP contribution in [-0.4, -0.2) is 54.7 Å². The second-order valence-corrected chi connectivity index (χ2v) is 3.80. The van der Waals surface area contributed by atoms with E-state index in [2.05, 4.69) is 14.8 Å². The molecular weight excluding hydrogens is 272 g/mol. The molecule has 0 aromatic heterocycles. The predicted molar refractivity (Wildman–Crippen MR) is 65.4 cm³/mol. The molecule has 0 saturated carbocycles. The van der Waals surface area contributed by atoms with Gasteiger partial charge in [-0.25, -0.2) is 4.79 Å². The lowest BCUT2D eigenvalue weighted by Gasteiger charge is -2.17. The third kappa shape index (κ3) is 6.69. The Hall–Kier alpha value is -2.16. The standard InChI is InChI=1S/C11H18N2O7/c1-3-20-9(16)5-7(11(18)19-2)13-10(17)6(12)4-8(14)15/h6-7H,3-5,12H2,1-2H3,(H,13,17)(H,14,15). The fourth-order valence-electron chi connectivity index (χ4n) is 1.28. The van der Waals surface area contributed by atoms with E-state index in [1.165, 1.54) is 0 Å². The van der Waals surface area contributed by atoms with Crippen molar-refractivity contribution in [3.63, 3.8) is 0 Å². The van der Waals surface area contributed by atoms with E-state index in [0.29, 0.717) is 0 Å². The Kier molecular flexibility index (Phi) is 7.90. The molecule has 0 aromatic carbocycles. The van der Waals surface area contributed by atoms with Gasteiger partial charge in [0.25, 0.3) is 0 Å². The van der Waals surface area contributed by atoms with E-state index < -0.39 is 48.7 Å². The van der Waals surface area contributed by atoms with Crippen molar-refractivity contribution in [3.05, 3.63) is 0 Å². The highest BCUT2D eigenvalue weighted by atomic mass is 16.5. The average molecular weight is 290 g/mol. The molecule has 0 radical (unpaired) electrons. The predicted octanol–water partition coefficient (Wildman–Crippen LogP) is -1.60. The van der Waals surface area contributed by atoms with Crippen LogP contribution in [0, 0.1) is 0 Å². The van der Waals surface area contributed by atoms with Crippen LogP contribution in [-0.2, 0) is 28.7 Å². The number of carboxylic acids is 1. The third-order valence-corrected chi connectivity index (χ3v) is 2.21. The number of amides is 1. The molecule has 0 aliphatic rings. The number of rotatable bonds is 8.